The summed E-state index contributed by atoms with van der Waals surface area (Å²) in [5.41, 5.74) is 1.75. The minimum atomic E-state index is -0.415. The van der Waals surface area contributed by atoms with E-state index in [4.69, 9.17) is 21.1 Å². The van der Waals surface area contributed by atoms with Gasteiger partial charge >= 0.3 is 6.03 Å². The maximum Gasteiger partial charge on any atom is 0.323 e. The van der Waals surface area contributed by atoms with Gasteiger partial charge in [-0.2, -0.15) is 0 Å². The lowest BCUT2D eigenvalue weighted by atomic mass is 10.2. The lowest BCUT2D eigenvalue weighted by Gasteiger charge is -2.29. The molecule has 0 aliphatic carbocycles. The Morgan fingerprint density at radius 1 is 1.00 bits per heavy atom. The molecule has 3 amide bonds. The molecule has 0 unspecified atom stereocenters. The SMILES string of the molecule is O=C(Nc1cccc(Cl)c1)Nc1ccc2c(c1)OCC(=O)N2CCOc1ccccc1. The Bertz CT molecular complexity index is 1090. The zero-order chi connectivity index (χ0) is 21.6. The van der Waals surface area contributed by atoms with Gasteiger partial charge in [0.1, 0.15) is 18.1 Å². The smallest absolute Gasteiger partial charge is 0.323 e. The summed E-state index contributed by atoms with van der Waals surface area (Å²) in [6, 6.07) is 21.0. The molecule has 3 aromatic rings. The van der Waals surface area contributed by atoms with Crippen molar-refractivity contribution in [2.24, 2.45) is 0 Å². The Morgan fingerprint density at radius 2 is 1.77 bits per heavy atom. The van der Waals surface area contributed by atoms with Gasteiger partial charge in [-0.1, -0.05) is 35.9 Å². The molecule has 0 fully saturated rings. The first kappa shape index (κ1) is 20.6. The van der Waals surface area contributed by atoms with Crippen LogP contribution < -0.4 is 25.0 Å². The van der Waals surface area contributed by atoms with Crippen molar-refractivity contribution < 1.29 is 19.1 Å². The van der Waals surface area contributed by atoms with Crippen LogP contribution in [0, 0.1) is 0 Å². The predicted molar refractivity (Wildman–Crippen MR) is 120 cm³/mol. The van der Waals surface area contributed by atoms with Gasteiger partial charge in [0.25, 0.3) is 5.91 Å². The van der Waals surface area contributed by atoms with E-state index in [9.17, 15) is 9.59 Å². The number of nitrogens with zero attached hydrogens (tertiary/aromatic N) is 1. The summed E-state index contributed by atoms with van der Waals surface area (Å²) in [6.45, 7) is 0.653. The Morgan fingerprint density at radius 3 is 2.55 bits per heavy atom. The van der Waals surface area contributed by atoms with Crippen LogP contribution in [0.2, 0.25) is 5.02 Å². The van der Waals surface area contributed by atoms with Gasteiger partial charge in [-0.15, -0.1) is 0 Å². The van der Waals surface area contributed by atoms with E-state index in [1.165, 1.54) is 0 Å². The number of carbonyl (C=O) groups excluding carboxylic acids is 2. The van der Waals surface area contributed by atoms with Crippen molar-refractivity contribution in [3.63, 3.8) is 0 Å². The number of hydrogen-bond donors (Lipinski definition) is 2. The molecular weight excluding hydrogens is 418 g/mol. The molecule has 0 atom stereocenters. The van der Waals surface area contributed by atoms with Crippen LogP contribution in [0.3, 0.4) is 0 Å². The average molecular weight is 438 g/mol. The molecule has 4 rings (SSSR count). The molecule has 0 aromatic heterocycles. The van der Waals surface area contributed by atoms with E-state index < -0.39 is 6.03 Å². The molecule has 1 heterocycles. The van der Waals surface area contributed by atoms with Gasteiger partial charge < -0.3 is 25.0 Å². The van der Waals surface area contributed by atoms with Gasteiger partial charge in [0.15, 0.2) is 6.61 Å². The molecule has 0 spiro atoms. The zero-order valence-electron chi connectivity index (χ0n) is 16.5. The van der Waals surface area contributed by atoms with Crippen LogP contribution >= 0.6 is 11.6 Å². The van der Waals surface area contributed by atoms with Gasteiger partial charge in [0.2, 0.25) is 0 Å². The normalized spacial score (nSPS) is 12.5. The van der Waals surface area contributed by atoms with E-state index in [2.05, 4.69) is 10.6 Å². The van der Waals surface area contributed by atoms with E-state index >= 15 is 0 Å². The number of nitrogens with one attached hydrogen (secondary N) is 2. The van der Waals surface area contributed by atoms with Crippen molar-refractivity contribution in [1.82, 2.24) is 0 Å². The van der Waals surface area contributed by atoms with Gasteiger partial charge in [-0.25, -0.2) is 4.79 Å². The first-order chi connectivity index (χ1) is 15.1. The maximum atomic E-state index is 12.3. The minimum Gasteiger partial charge on any atom is -0.492 e. The third-order valence-electron chi connectivity index (χ3n) is 4.57. The summed E-state index contributed by atoms with van der Waals surface area (Å²) in [5.74, 6) is 1.11. The fraction of sp³-hybridized carbons (Fsp3) is 0.130. The molecule has 3 aromatic carbocycles. The summed E-state index contributed by atoms with van der Waals surface area (Å²) < 4.78 is 11.3. The third-order valence-corrected chi connectivity index (χ3v) is 4.81. The topological polar surface area (TPSA) is 79.9 Å². The summed E-state index contributed by atoms with van der Waals surface area (Å²) >= 11 is 5.93. The quantitative estimate of drug-likeness (QED) is 0.581. The van der Waals surface area contributed by atoms with Gasteiger partial charge in [-0.3, -0.25) is 4.79 Å². The first-order valence-electron chi connectivity index (χ1n) is 9.67. The van der Waals surface area contributed by atoms with E-state index in [-0.39, 0.29) is 12.5 Å². The lowest BCUT2D eigenvalue weighted by molar-refractivity contribution is -0.121. The molecule has 31 heavy (non-hydrogen) atoms. The number of benzene rings is 3. The van der Waals surface area contributed by atoms with E-state index in [0.29, 0.717) is 41.0 Å². The average Bonchev–Trinajstić information content (AvgIpc) is 2.76. The van der Waals surface area contributed by atoms with Crippen LogP contribution in [0.4, 0.5) is 21.9 Å². The van der Waals surface area contributed by atoms with Crippen molar-refractivity contribution in [3.8, 4) is 11.5 Å². The summed E-state index contributed by atoms with van der Waals surface area (Å²) in [4.78, 5) is 26.2. The second-order valence-corrected chi connectivity index (χ2v) is 7.20. The highest BCUT2D eigenvalue weighted by atomic mass is 35.5. The van der Waals surface area contributed by atoms with Crippen LogP contribution in [0.1, 0.15) is 0 Å². The summed E-state index contributed by atoms with van der Waals surface area (Å²) in [5, 5.41) is 5.99. The fourth-order valence-corrected chi connectivity index (χ4v) is 3.35. The Hall–Kier alpha value is -3.71. The highest BCUT2D eigenvalue weighted by Gasteiger charge is 2.25. The van der Waals surface area contributed by atoms with Crippen molar-refractivity contribution in [3.05, 3.63) is 77.8 Å². The molecule has 158 valence electrons. The number of anilines is 3. The second kappa shape index (κ2) is 9.40. The number of ether oxygens (including phenoxy) is 2. The molecular formula is C23H20ClN3O4. The maximum absolute atomic E-state index is 12.3. The third kappa shape index (κ3) is 5.26. The number of amides is 3. The lowest BCUT2D eigenvalue weighted by Crippen LogP contribution is -2.41. The number of carbonyl (C=O) groups is 2. The molecule has 0 saturated carbocycles. The number of fused-ring (bicyclic) bond motifs is 1. The highest BCUT2D eigenvalue weighted by molar-refractivity contribution is 6.30. The van der Waals surface area contributed by atoms with Crippen molar-refractivity contribution in [2.45, 2.75) is 0 Å². The van der Waals surface area contributed by atoms with E-state index in [0.717, 1.165) is 5.75 Å². The van der Waals surface area contributed by atoms with Gasteiger partial charge in [0, 0.05) is 22.5 Å². The van der Waals surface area contributed by atoms with E-state index in [1.807, 2.05) is 30.3 Å². The van der Waals surface area contributed by atoms with Crippen LogP contribution in [-0.4, -0.2) is 31.7 Å². The molecule has 0 bridgehead atoms. The number of halogens is 1. The molecule has 2 N–H and O–H groups in total. The number of rotatable bonds is 6. The van der Waals surface area contributed by atoms with Crippen LogP contribution in [-0.2, 0) is 4.79 Å². The molecule has 7 nitrogen and oxygen atoms in total. The largest absolute Gasteiger partial charge is 0.492 e. The molecule has 0 radical (unpaired) electrons. The Balaban J connectivity index is 1.40. The number of para-hydroxylation sites is 1. The fourth-order valence-electron chi connectivity index (χ4n) is 3.16. The van der Waals surface area contributed by atoms with Crippen molar-refractivity contribution >= 4 is 40.6 Å². The zero-order valence-corrected chi connectivity index (χ0v) is 17.3. The Kier molecular flexibility index (Phi) is 6.24. The van der Waals surface area contributed by atoms with Crippen LogP contribution in [0.5, 0.6) is 11.5 Å². The number of urea groups is 1. The Labute approximate surface area is 184 Å². The summed E-state index contributed by atoms with van der Waals surface area (Å²) in [7, 11) is 0. The molecule has 0 saturated heterocycles. The standard InChI is InChI=1S/C23H20ClN3O4/c24-16-5-4-6-17(13-16)25-23(29)26-18-9-10-20-21(14-18)31-15-22(28)27(20)11-12-30-19-7-2-1-3-8-19/h1-10,13-14H,11-12,15H2,(H2,25,26,29). The monoisotopic (exact) mass is 437 g/mol. The van der Waals surface area contributed by atoms with E-state index in [1.54, 1.807) is 47.4 Å². The van der Waals surface area contributed by atoms with Crippen molar-refractivity contribution in [2.75, 3.05) is 35.3 Å². The van der Waals surface area contributed by atoms with Crippen LogP contribution in [0.15, 0.2) is 72.8 Å². The minimum absolute atomic E-state index is 0.0729. The predicted octanol–water partition coefficient (Wildman–Crippen LogP) is 4.79. The van der Waals surface area contributed by atoms with Gasteiger partial charge in [0.05, 0.1) is 12.2 Å². The second-order valence-electron chi connectivity index (χ2n) is 6.77. The number of hydrogen-bond acceptors (Lipinski definition) is 4. The molecule has 8 heteroatoms. The molecule has 1 aliphatic heterocycles. The summed E-state index contributed by atoms with van der Waals surface area (Å²) in [6.07, 6.45) is 0. The van der Waals surface area contributed by atoms with Crippen molar-refractivity contribution in [1.29, 1.82) is 0 Å². The first-order valence-corrected chi connectivity index (χ1v) is 10.0. The highest BCUT2D eigenvalue weighted by Crippen LogP contribution is 2.34. The molecule has 1 aliphatic rings. The van der Waals surface area contributed by atoms with Gasteiger partial charge in [-0.05, 0) is 42.5 Å². The van der Waals surface area contributed by atoms with Crippen LogP contribution in [0.25, 0.3) is 0 Å².